The van der Waals surface area contributed by atoms with Crippen molar-refractivity contribution < 1.29 is 9.59 Å². The highest BCUT2D eigenvalue weighted by molar-refractivity contribution is 5.99. The van der Waals surface area contributed by atoms with Crippen LogP contribution in [-0.2, 0) is 4.79 Å². The number of amides is 2. The van der Waals surface area contributed by atoms with Gasteiger partial charge in [-0.15, -0.1) is 10.2 Å². The van der Waals surface area contributed by atoms with Gasteiger partial charge in [-0.05, 0) is 43.7 Å². The zero-order valence-electron chi connectivity index (χ0n) is 14.4. The summed E-state index contributed by atoms with van der Waals surface area (Å²) in [4.78, 5) is 26.3. The molecule has 1 N–H and O–H groups in total. The summed E-state index contributed by atoms with van der Waals surface area (Å²) >= 11 is 0. The lowest BCUT2D eigenvalue weighted by Crippen LogP contribution is -2.29. The van der Waals surface area contributed by atoms with Crippen molar-refractivity contribution in [1.82, 2.24) is 19.9 Å². The Labute approximate surface area is 150 Å². The molecule has 4 rings (SSSR count). The van der Waals surface area contributed by atoms with Gasteiger partial charge in [0.25, 0.3) is 5.91 Å². The predicted octanol–water partition coefficient (Wildman–Crippen LogP) is 2.35. The first-order valence-electron chi connectivity index (χ1n) is 8.64. The maximum absolute atomic E-state index is 12.7. The molecule has 0 saturated carbocycles. The lowest BCUT2D eigenvalue weighted by atomic mass is 10.1. The van der Waals surface area contributed by atoms with E-state index in [1.54, 1.807) is 23.1 Å². The van der Waals surface area contributed by atoms with Crippen LogP contribution in [0.3, 0.4) is 0 Å². The van der Waals surface area contributed by atoms with Crippen LogP contribution < -0.4 is 10.2 Å². The number of carbonyl (C=O) groups is 2. The van der Waals surface area contributed by atoms with Gasteiger partial charge >= 0.3 is 0 Å². The van der Waals surface area contributed by atoms with Crippen molar-refractivity contribution >= 4 is 23.1 Å². The van der Waals surface area contributed by atoms with Gasteiger partial charge in [-0.2, -0.15) is 0 Å². The molecule has 3 aromatic rings. The van der Waals surface area contributed by atoms with Crippen molar-refractivity contribution in [2.75, 3.05) is 11.4 Å². The zero-order valence-corrected chi connectivity index (χ0v) is 14.4. The molecule has 2 aromatic heterocycles. The first kappa shape index (κ1) is 16.3. The van der Waals surface area contributed by atoms with Gasteiger partial charge in [-0.25, -0.2) is 0 Å². The normalized spacial score (nSPS) is 15.4. The van der Waals surface area contributed by atoms with Gasteiger partial charge in [0.15, 0.2) is 11.5 Å². The van der Waals surface area contributed by atoms with Crippen molar-refractivity contribution in [2.24, 2.45) is 0 Å². The molecule has 1 saturated heterocycles. The summed E-state index contributed by atoms with van der Waals surface area (Å²) < 4.78 is 1.85. The molecular weight excluding hydrogens is 330 g/mol. The Morgan fingerprint density at radius 1 is 1.19 bits per heavy atom. The van der Waals surface area contributed by atoms with Gasteiger partial charge in [0.05, 0.1) is 6.04 Å². The highest BCUT2D eigenvalue weighted by atomic mass is 16.2. The van der Waals surface area contributed by atoms with Crippen LogP contribution in [0.25, 0.3) is 5.65 Å². The topological polar surface area (TPSA) is 79.6 Å². The van der Waals surface area contributed by atoms with E-state index in [9.17, 15) is 9.59 Å². The second kappa shape index (κ2) is 6.59. The molecule has 0 radical (unpaired) electrons. The Kier molecular flexibility index (Phi) is 4.12. The molecule has 0 bridgehead atoms. The Morgan fingerprint density at radius 2 is 2.08 bits per heavy atom. The highest BCUT2D eigenvalue weighted by Crippen LogP contribution is 2.22. The third kappa shape index (κ3) is 2.92. The van der Waals surface area contributed by atoms with E-state index in [0.29, 0.717) is 24.4 Å². The van der Waals surface area contributed by atoms with Crippen LogP contribution in [0.2, 0.25) is 0 Å². The van der Waals surface area contributed by atoms with Gasteiger partial charge in [0.2, 0.25) is 5.91 Å². The Balaban J connectivity index is 1.54. The van der Waals surface area contributed by atoms with E-state index in [0.717, 1.165) is 17.8 Å². The van der Waals surface area contributed by atoms with E-state index in [-0.39, 0.29) is 17.9 Å². The molecule has 1 aliphatic rings. The van der Waals surface area contributed by atoms with Crippen molar-refractivity contribution in [2.45, 2.75) is 25.8 Å². The number of hydrogen-bond donors (Lipinski definition) is 1. The molecule has 1 fully saturated rings. The van der Waals surface area contributed by atoms with Crippen LogP contribution in [0.4, 0.5) is 5.69 Å². The van der Waals surface area contributed by atoms with Crippen LogP contribution in [0.1, 0.15) is 42.0 Å². The monoisotopic (exact) mass is 349 g/mol. The van der Waals surface area contributed by atoms with E-state index in [1.807, 2.05) is 41.8 Å². The smallest absolute Gasteiger partial charge is 0.251 e. The lowest BCUT2D eigenvalue weighted by molar-refractivity contribution is -0.117. The number of nitrogens with zero attached hydrogens (tertiary/aromatic N) is 4. The number of hydrogen-bond acceptors (Lipinski definition) is 4. The Hall–Kier alpha value is -3.22. The third-order valence-corrected chi connectivity index (χ3v) is 4.57. The maximum atomic E-state index is 12.7. The number of aromatic nitrogens is 3. The molecule has 7 nitrogen and oxygen atoms in total. The molecule has 0 spiro atoms. The highest BCUT2D eigenvalue weighted by Gasteiger charge is 2.23. The minimum absolute atomic E-state index is 0.103. The van der Waals surface area contributed by atoms with E-state index in [4.69, 9.17) is 0 Å². The minimum Gasteiger partial charge on any atom is -0.342 e. The SMILES string of the molecule is C[C@H](NC(=O)c1cccc(N2CCCC2=O)c1)c1nnc2ccccn12. The molecule has 1 aromatic carbocycles. The fraction of sp³-hybridized carbons (Fsp3) is 0.263. The summed E-state index contributed by atoms with van der Waals surface area (Å²) in [5.41, 5.74) is 2.02. The van der Waals surface area contributed by atoms with E-state index >= 15 is 0 Å². The number of fused-ring (bicyclic) bond motifs is 1. The molecular formula is C19H19N5O2. The fourth-order valence-electron chi connectivity index (χ4n) is 3.24. The summed E-state index contributed by atoms with van der Waals surface area (Å²) in [6, 6.07) is 12.5. The average molecular weight is 349 g/mol. The van der Waals surface area contributed by atoms with Crippen LogP contribution in [0.5, 0.6) is 0 Å². The number of nitrogens with one attached hydrogen (secondary N) is 1. The molecule has 0 unspecified atom stereocenters. The van der Waals surface area contributed by atoms with Crippen LogP contribution in [0, 0.1) is 0 Å². The molecule has 7 heteroatoms. The summed E-state index contributed by atoms with van der Waals surface area (Å²) in [5.74, 6) is 0.560. The van der Waals surface area contributed by atoms with Crippen molar-refractivity contribution in [1.29, 1.82) is 0 Å². The second-order valence-corrected chi connectivity index (χ2v) is 6.38. The number of carbonyl (C=O) groups excluding carboxylic acids is 2. The first-order valence-corrected chi connectivity index (χ1v) is 8.64. The molecule has 0 aliphatic carbocycles. The van der Waals surface area contributed by atoms with Gasteiger partial charge in [-0.3, -0.25) is 14.0 Å². The van der Waals surface area contributed by atoms with Crippen molar-refractivity contribution in [3.8, 4) is 0 Å². The van der Waals surface area contributed by atoms with Gasteiger partial charge in [-0.1, -0.05) is 12.1 Å². The predicted molar refractivity (Wildman–Crippen MR) is 96.9 cm³/mol. The largest absolute Gasteiger partial charge is 0.342 e. The van der Waals surface area contributed by atoms with E-state index < -0.39 is 0 Å². The van der Waals surface area contributed by atoms with Crippen LogP contribution >= 0.6 is 0 Å². The van der Waals surface area contributed by atoms with Gasteiger partial charge in [0, 0.05) is 30.4 Å². The zero-order chi connectivity index (χ0) is 18.1. The number of benzene rings is 1. The molecule has 132 valence electrons. The first-order chi connectivity index (χ1) is 12.6. The minimum atomic E-state index is -0.308. The lowest BCUT2D eigenvalue weighted by Gasteiger charge is -2.17. The Morgan fingerprint density at radius 3 is 2.88 bits per heavy atom. The second-order valence-electron chi connectivity index (χ2n) is 6.38. The third-order valence-electron chi connectivity index (χ3n) is 4.57. The average Bonchev–Trinajstić information content (AvgIpc) is 3.28. The van der Waals surface area contributed by atoms with Crippen LogP contribution in [0.15, 0.2) is 48.7 Å². The van der Waals surface area contributed by atoms with E-state index in [1.165, 1.54) is 0 Å². The maximum Gasteiger partial charge on any atom is 0.251 e. The number of pyridine rings is 1. The summed E-state index contributed by atoms with van der Waals surface area (Å²) in [7, 11) is 0. The fourth-order valence-corrected chi connectivity index (χ4v) is 3.24. The summed E-state index contributed by atoms with van der Waals surface area (Å²) in [6.45, 7) is 2.57. The number of rotatable bonds is 4. The van der Waals surface area contributed by atoms with Crippen LogP contribution in [-0.4, -0.2) is 33.0 Å². The Bertz CT molecular complexity index is 981. The van der Waals surface area contributed by atoms with Gasteiger partial charge in [0.1, 0.15) is 0 Å². The summed E-state index contributed by atoms with van der Waals surface area (Å²) in [5, 5.41) is 11.2. The van der Waals surface area contributed by atoms with Crippen molar-refractivity contribution in [3.05, 3.63) is 60.0 Å². The molecule has 3 heterocycles. The standard InChI is InChI=1S/C19H19N5O2/c1-13(18-22-21-16-8-2-3-10-24(16)18)20-19(26)14-6-4-7-15(12-14)23-11-5-9-17(23)25/h2-4,6-8,10,12-13H,5,9,11H2,1H3,(H,20,26)/t13-/m0/s1. The van der Waals surface area contributed by atoms with Crippen molar-refractivity contribution in [3.63, 3.8) is 0 Å². The molecule has 1 atom stereocenters. The molecule has 1 aliphatic heterocycles. The molecule has 2 amide bonds. The van der Waals surface area contributed by atoms with Gasteiger partial charge < -0.3 is 10.2 Å². The molecule has 26 heavy (non-hydrogen) atoms. The quantitative estimate of drug-likeness (QED) is 0.784. The van der Waals surface area contributed by atoms with E-state index in [2.05, 4.69) is 15.5 Å². The summed E-state index contributed by atoms with van der Waals surface area (Å²) in [6.07, 6.45) is 3.28. The number of anilines is 1.